The summed E-state index contributed by atoms with van der Waals surface area (Å²) in [4.78, 5) is 21.6. The number of phosphoric acid groups is 1. The Morgan fingerprint density at radius 3 is 0.758 bits per heavy atom. The van der Waals surface area contributed by atoms with Crippen LogP contribution < -0.4 is 0 Å². The first kappa shape index (κ1) is 31.6. The molecule has 3 N–H and O–H groups in total. The fraction of sp³-hybridized carbons (Fsp3) is 0.571. The van der Waals surface area contributed by atoms with Crippen molar-refractivity contribution in [1.82, 2.24) is 0 Å². The van der Waals surface area contributed by atoms with Crippen LogP contribution in [0.25, 0.3) is 0 Å². The molecule has 2 rings (SSSR count). The minimum absolute atomic E-state index is 0.251. The third-order valence-electron chi connectivity index (χ3n) is 5.19. The SMILES string of the molecule is CC(C)(C)c1cccc(C(C)(C)C)c1.CC(C)(C)c1cccc(C(C)(C)C)c1.O=P(O)(O)O. The molecule has 4 nitrogen and oxygen atoms in total. The van der Waals surface area contributed by atoms with Crippen LogP contribution in [0.5, 0.6) is 0 Å². The van der Waals surface area contributed by atoms with Crippen molar-refractivity contribution in [1.29, 1.82) is 0 Å². The van der Waals surface area contributed by atoms with Gasteiger partial charge in [0.25, 0.3) is 0 Å². The molecule has 2 aromatic rings. The van der Waals surface area contributed by atoms with Crippen LogP contribution in [-0.2, 0) is 26.2 Å². The predicted molar refractivity (Wildman–Crippen MR) is 142 cm³/mol. The van der Waals surface area contributed by atoms with Crippen LogP contribution in [0, 0.1) is 0 Å². The van der Waals surface area contributed by atoms with Gasteiger partial charge in [-0.1, -0.05) is 132 Å². The average Bonchev–Trinajstić information content (AvgIpc) is 2.58. The zero-order valence-electron chi connectivity index (χ0n) is 22.8. The molecule has 0 saturated heterocycles. The van der Waals surface area contributed by atoms with Crippen molar-refractivity contribution in [3.63, 3.8) is 0 Å². The van der Waals surface area contributed by atoms with Gasteiger partial charge < -0.3 is 14.7 Å². The molecule has 0 heterocycles. The summed E-state index contributed by atoms with van der Waals surface area (Å²) in [5.41, 5.74) is 6.69. The molecule has 5 heteroatoms. The van der Waals surface area contributed by atoms with E-state index in [1.807, 2.05) is 0 Å². The fourth-order valence-electron chi connectivity index (χ4n) is 2.90. The first-order chi connectivity index (χ1) is 14.4. The molecule has 0 aliphatic carbocycles. The molecule has 0 saturated carbocycles. The second-order valence-corrected chi connectivity index (χ2v) is 13.7. The summed E-state index contributed by atoms with van der Waals surface area (Å²) in [6, 6.07) is 17.9. The Balaban J connectivity index is 0.000000517. The lowest BCUT2D eigenvalue weighted by Crippen LogP contribution is -2.15. The van der Waals surface area contributed by atoms with E-state index in [0.29, 0.717) is 0 Å². The molecular weight excluding hydrogens is 431 g/mol. The highest BCUT2D eigenvalue weighted by molar-refractivity contribution is 7.45. The molecule has 0 aliphatic rings. The maximum atomic E-state index is 8.88. The molecule has 0 aromatic heterocycles. The van der Waals surface area contributed by atoms with Crippen molar-refractivity contribution in [2.75, 3.05) is 0 Å². The van der Waals surface area contributed by atoms with Gasteiger partial charge in [0.1, 0.15) is 0 Å². The van der Waals surface area contributed by atoms with Crippen LogP contribution in [0.1, 0.15) is 105 Å². The van der Waals surface area contributed by atoms with Crippen molar-refractivity contribution in [3.8, 4) is 0 Å². The molecule has 0 bridgehead atoms. The van der Waals surface area contributed by atoms with Crippen molar-refractivity contribution in [2.45, 2.75) is 105 Å². The van der Waals surface area contributed by atoms with Gasteiger partial charge in [0.2, 0.25) is 0 Å². The van der Waals surface area contributed by atoms with E-state index in [1.165, 1.54) is 22.3 Å². The van der Waals surface area contributed by atoms with Gasteiger partial charge in [-0.25, -0.2) is 4.57 Å². The quantitative estimate of drug-likeness (QED) is 0.340. The summed E-state index contributed by atoms with van der Waals surface area (Å²) in [5, 5.41) is 0. The first-order valence-corrected chi connectivity index (χ1v) is 13.0. The van der Waals surface area contributed by atoms with Crippen molar-refractivity contribution >= 4 is 7.82 Å². The van der Waals surface area contributed by atoms with Crippen LogP contribution in [0.2, 0.25) is 0 Å². The largest absolute Gasteiger partial charge is 0.466 e. The minimum atomic E-state index is -4.64. The molecule has 0 fully saturated rings. The zero-order chi connectivity index (χ0) is 26.5. The van der Waals surface area contributed by atoms with Gasteiger partial charge in [-0.3, -0.25) is 0 Å². The Bertz CT molecular complexity index is 780. The normalized spacial score (nSPS) is 12.8. The van der Waals surface area contributed by atoms with Crippen LogP contribution in [0.4, 0.5) is 0 Å². The maximum Gasteiger partial charge on any atom is 0.466 e. The monoisotopic (exact) mass is 478 g/mol. The lowest BCUT2D eigenvalue weighted by molar-refractivity contribution is 0.275. The highest BCUT2D eigenvalue weighted by Crippen LogP contribution is 2.29. The van der Waals surface area contributed by atoms with Crippen LogP contribution in [0.15, 0.2) is 48.5 Å². The molecular formula is C28H47O4P. The third-order valence-corrected chi connectivity index (χ3v) is 5.19. The van der Waals surface area contributed by atoms with Gasteiger partial charge in [-0.2, -0.15) is 0 Å². The zero-order valence-corrected chi connectivity index (χ0v) is 23.7. The van der Waals surface area contributed by atoms with E-state index in [9.17, 15) is 0 Å². The summed E-state index contributed by atoms with van der Waals surface area (Å²) in [6.45, 7) is 27.1. The Kier molecular flexibility index (Phi) is 10.8. The highest BCUT2D eigenvalue weighted by Gasteiger charge is 2.19. The van der Waals surface area contributed by atoms with E-state index < -0.39 is 7.82 Å². The maximum absolute atomic E-state index is 8.88. The van der Waals surface area contributed by atoms with Gasteiger partial charge in [0.15, 0.2) is 0 Å². The van der Waals surface area contributed by atoms with E-state index in [0.717, 1.165) is 0 Å². The van der Waals surface area contributed by atoms with E-state index in [2.05, 4.69) is 132 Å². The molecule has 33 heavy (non-hydrogen) atoms. The summed E-state index contributed by atoms with van der Waals surface area (Å²) in [6.07, 6.45) is 0. The van der Waals surface area contributed by atoms with E-state index >= 15 is 0 Å². The summed E-state index contributed by atoms with van der Waals surface area (Å²) in [7, 11) is -4.64. The summed E-state index contributed by atoms with van der Waals surface area (Å²) >= 11 is 0. The number of benzene rings is 2. The van der Waals surface area contributed by atoms with Crippen LogP contribution >= 0.6 is 7.82 Å². The topological polar surface area (TPSA) is 77.8 Å². The lowest BCUT2D eigenvalue weighted by atomic mass is 9.81. The second kappa shape index (κ2) is 11.3. The standard InChI is InChI=1S/2C14H22.H3O4P/c2*1-13(2,3)11-8-7-9-12(10-11)14(4,5)6;1-5(2,3)4/h2*7-10H,1-6H3;(H3,1,2,3,4). The summed E-state index contributed by atoms with van der Waals surface area (Å²) < 4.78 is 8.88. The molecule has 188 valence electrons. The van der Waals surface area contributed by atoms with Crippen molar-refractivity contribution < 1.29 is 19.2 Å². The molecule has 2 aromatic carbocycles. The molecule has 0 spiro atoms. The molecule has 0 atom stereocenters. The van der Waals surface area contributed by atoms with Gasteiger partial charge in [-0.05, 0) is 43.9 Å². The van der Waals surface area contributed by atoms with E-state index in [-0.39, 0.29) is 21.7 Å². The second-order valence-electron chi connectivity index (χ2n) is 12.7. The fourth-order valence-corrected chi connectivity index (χ4v) is 2.90. The molecule has 0 radical (unpaired) electrons. The van der Waals surface area contributed by atoms with E-state index in [4.69, 9.17) is 19.2 Å². The highest BCUT2D eigenvalue weighted by atomic mass is 31.2. The van der Waals surface area contributed by atoms with E-state index in [1.54, 1.807) is 0 Å². The molecule has 0 unspecified atom stereocenters. The van der Waals surface area contributed by atoms with Crippen LogP contribution in [0.3, 0.4) is 0 Å². The van der Waals surface area contributed by atoms with Crippen molar-refractivity contribution in [2.24, 2.45) is 0 Å². The Morgan fingerprint density at radius 1 is 0.485 bits per heavy atom. The predicted octanol–water partition coefficient (Wildman–Crippen LogP) is 7.63. The van der Waals surface area contributed by atoms with Gasteiger partial charge >= 0.3 is 7.82 Å². The van der Waals surface area contributed by atoms with Gasteiger partial charge in [0, 0.05) is 0 Å². The minimum Gasteiger partial charge on any atom is -0.303 e. The lowest BCUT2D eigenvalue weighted by Gasteiger charge is -2.24. The third kappa shape index (κ3) is 13.8. The molecule has 0 amide bonds. The van der Waals surface area contributed by atoms with Gasteiger partial charge in [-0.15, -0.1) is 0 Å². The smallest absolute Gasteiger partial charge is 0.303 e. The Labute approximate surface area is 202 Å². The Hall–Kier alpha value is -1.45. The van der Waals surface area contributed by atoms with Crippen molar-refractivity contribution in [3.05, 3.63) is 70.8 Å². The molecule has 0 aliphatic heterocycles. The number of hydrogen-bond donors (Lipinski definition) is 3. The van der Waals surface area contributed by atoms with Gasteiger partial charge in [0.05, 0.1) is 0 Å². The van der Waals surface area contributed by atoms with Crippen LogP contribution in [-0.4, -0.2) is 14.7 Å². The number of hydrogen-bond acceptors (Lipinski definition) is 1. The Morgan fingerprint density at radius 2 is 0.636 bits per heavy atom. The first-order valence-electron chi connectivity index (χ1n) is 11.4. The number of rotatable bonds is 0. The average molecular weight is 479 g/mol. The summed E-state index contributed by atoms with van der Waals surface area (Å²) in [5.74, 6) is 0.